The number of ether oxygens (including phenoxy) is 1. The Hall–Kier alpha value is 0.343. The molecule has 0 aromatic heterocycles. The molecule has 140 valence electrons. The molecule has 5 heteroatoms. The standard InChI is InChI=1S/C16H28O2.CH4O.CH3.ClH.Ru/c1-15-11-7-5-3-2-4-6-10-14-18-16(17)13-9-8-12-15;1-2;;;/h11,15H,1-10,12-14H2;2H,1H3;1H3;1H;/q-2;;-1;;+4/p-1/t15-;;;;/m1..../s1. The van der Waals surface area contributed by atoms with Crippen LogP contribution >= 0.6 is 9.69 Å². The third-order valence-corrected chi connectivity index (χ3v) is 3.57. The van der Waals surface area contributed by atoms with Gasteiger partial charge >= 0.3 is 33.0 Å². The molecule has 0 bridgehead atoms. The molecule has 1 saturated heterocycles. The summed E-state index contributed by atoms with van der Waals surface area (Å²) in [6.45, 7) is 4.76. The second kappa shape index (κ2) is 24.6. The summed E-state index contributed by atoms with van der Waals surface area (Å²) in [4.78, 5) is 11.4. The number of carbonyl (C=O) groups excluding carboxylic acids is 1. The summed E-state index contributed by atoms with van der Waals surface area (Å²) in [5.74, 6) is 0.431. The molecule has 0 spiro atoms. The predicted molar refractivity (Wildman–Crippen MR) is 95.3 cm³/mol. The number of aliphatic hydroxyl groups is 1. The minimum absolute atomic E-state index is 0. The first-order valence-corrected chi connectivity index (χ1v) is 10.4. The molecule has 1 fully saturated rings. The zero-order valence-corrected chi connectivity index (χ0v) is 17.3. The van der Waals surface area contributed by atoms with Gasteiger partial charge in [0.15, 0.2) is 0 Å². The molecular weight excluding hydrogens is 401 g/mol. The van der Waals surface area contributed by atoms with Crippen molar-refractivity contribution >= 4 is 15.7 Å². The van der Waals surface area contributed by atoms with E-state index < -0.39 is 0 Å². The van der Waals surface area contributed by atoms with Gasteiger partial charge in [-0.2, -0.15) is 6.42 Å². The molecule has 0 radical (unpaired) electrons. The van der Waals surface area contributed by atoms with Crippen molar-refractivity contribution in [1.29, 1.82) is 0 Å². The second-order valence-electron chi connectivity index (χ2n) is 5.37. The molecule has 0 aromatic rings. The Kier molecular flexibility index (Phi) is 30.1. The number of halogens is 1. The Morgan fingerprint density at radius 2 is 1.65 bits per heavy atom. The van der Waals surface area contributed by atoms with Gasteiger partial charge in [-0.1, -0.05) is 38.5 Å². The van der Waals surface area contributed by atoms with Crippen molar-refractivity contribution in [1.82, 2.24) is 0 Å². The van der Waals surface area contributed by atoms with Gasteiger partial charge in [-0.25, -0.2) is 0 Å². The maximum atomic E-state index is 11.4. The zero-order chi connectivity index (χ0) is 17.1. The molecule has 3 nitrogen and oxygen atoms in total. The summed E-state index contributed by atoms with van der Waals surface area (Å²) in [5, 5.41) is 7.00. The molecule has 1 N–H and O–H groups in total. The van der Waals surface area contributed by atoms with Gasteiger partial charge in [-0.15, -0.1) is 6.42 Å². The summed E-state index contributed by atoms with van der Waals surface area (Å²) >= 11 is 1.82. The molecule has 1 heterocycles. The Labute approximate surface area is 158 Å². The Morgan fingerprint density at radius 3 is 2.30 bits per heavy atom. The van der Waals surface area contributed by atoms with E-state index in [4.69, 9.17) is 9.84 Å². The van der Waals surface area contributed by atoms with Crippen LogP contribution in [0.25, 0.3) is 0 Å². The first-order valence-electron chi connectivity index (χ1n) is 8.19. The molecule has 1 aliphatic rings. The van der Waals surface area contributed by atoms with E-state index in [9.17, 15) is 4.79 Å². The Bertz CT molecular complexity index is 228. The van der Waals surface area contributed by atoms with Gasteiger partial charge in [0.05, 0.1) is 6.61 Å². The summed E-state index contributed by atoms with van der Waals surface area (Å²) in [6, 6.07) is 0. The van der Waals surface area contributed by atoms with E-state index >= 15 is 0 Å². The SMILES string of the molecule is CO.[CH2-][C@@H]1[CH-]CCCCCCCCOC(=O)CCCC1.[CH3-].[Cl][Ru+3]. The molecule has 23 heavy (non-hydrogen) atoms. The maximum absolute atomic E-state index is 11.4. The third kappa shape index (κ3) is 22.3. The van der Waals surface area contributed by atoms with Gasteiger partial charge in [0.1, 0.15) is 0 Å². The second-order valence-corrected chi connectivity index (χ2v) is 5.37. The topological polar surface area (TPSA) is 46.5 Å². The fourth-order valence-electron chi connectivity index (χ4n) is 2.36. The first-order chi connectivity index (χ1) is 10.8. The zero-order valence-electron chi connectivity index (χ0n) is 14.8. The molecule has 1 aliphatic heterocycles. The van der Waals surface area contributed by atoms with Gasteiger partial charge in [-0.05, 0) is 12.8 Å². The Balaban J connectivity index is -0.000000739. The van der Waals surface area contributed by atoms with Crippen LogP contribution in [0, 0.1) is 26.7 Å². The van der Waals surface area contributed by atoms with Crippen LogP contribution in [-0.4, -0.2) is 24.8 Å². The molecule has 0 unspecified atom stereocenters. The van der Waals surface area contributed by atoms with E-state index in [1.807, 2.05) is 17.3 Å². The molecule has 1 atom stereocenters. The van der Waals surface area contributed by atoms with Crippen molar-refractivity contribution in [3.8, 4) is 0 Å². The van der Waals surface area contributed by atoms with Crippen molar-refractivity contribution in [2.45, 2.75) is 70.6 Å². The van der Waals surface area contributed by atoms with Gasteiger partial charge in [0.25, 0.3) is 0 Å². The summed E-state index contributed by atoms with van der Waals surface area (Å²) < 4.78 is 5.21. The number of hydrogen-bond acceptors (Lipinski definition) is 3. The number of hydrogen-bond donors (Lipinski definition) is 1. The van der Waals surface area contributed by atoms with Gasteiger partial charge in [0, 0.05) is 13.5 Å². The van der Waals surface area contributed by atoms with E-state index in [1.54, 1.807) is 0 Å². The molecule has 0 amide bonds. The molecular formula is C18H35ClO3Ru. The number of rotatable bonds is 0. The van der Waals surface area contributed by atoms with Gasteiger partial charge in [0.2, 0.25) is 0 Å². The Morgan fingerprint density at radius 1 is 1.09 bits per heavy atom. The molecule has 0 aliphatic carbocycles. The quantitative estimate of drug-likeness (QED) is 0.321. The molecule has 0 aromatic carbocycles. The van der Waals surface area contributed by atoms with Crippen molar-refractivity contribution in [2.75, 3.05) is 13.7 Å². The summed E-state index contributed by atoms with van der Waals surface area (Å²) in [7, 11) is 5.57. The van der Waals surface area contributed by atoms with E-state index in [1.165, 1.54) is 38.5 Å². The minimum atomic E-state index is -0.0216. The predicted octanol–water partition coefficient (Wildman–Crippen LogP) is 5.23. The van der Waals surface area contributed by atoms with Crippen LogP contribution in [0.1, 0.15) is 70.6 Å². The fourth-order valence-corrected chi connectivity index (χ4v) is 2.36. The number of esters is 1. The van der Waals surface area contributed by atoms with Crippen LogP contribution < -0.4 is 0 Å². The summed E-state index contributed by atoms with van der Waals surface area (Å²) in [6.07, 6.45) is 14.7. The van der Waals surface area contributed by atoms with E-state index in [0.717, 1.165) is 32.8 Å². The monoisotopic (exact) mass is 436 g/mol. The van der Waals surface area contributed by atoms with Crippen LogP contribution in [-0.2, 0) is 26.8 Å². The fraction of sp³-hybridized carbons (Fsp3) is 0.778. The third-order valence-electron chi connectivity index (χ3n) is 3.57. The summed E-state index contributed by atoms with van der Waals surface area (Å²) in [5.41, 5.74) is 0. The van der Waals surface area contributed by atoms with Crippen molar-refractivity contribution in [3.63, 3.8) is 0 Å². The van der Waals surface area contributed by atoms with Crippen LogP contribution in [0.3, 0.4) is 0 Å². The van der Waals surface area contributed by atoms with Crippen molar-refractivity contribution in [2.24, 2.45) is 5.92 Å². The van der Waals surface area contributed by atoms with Crippen LogP contribution in [0.4, 0.5) is 0 Å². The van der Waals surface area contributed by atoms with Crippen LogP contribution in [0.15, 0.2) is 0 Å². The van der Waals surface area contributed by atoms with Crippen molar-refractivity contribution in [3.05, 3.63) is 20.8 Å². The van der Waals surface area contributed by atoms with E-state index in [2.05, 4.69) is 23.0 Å². The van der Waals surface area contributed by atoms with E-state index in [0.29, 0.717) is 18.9 Å². The number of aliphatic hydroxyl groups excluding tert-OH is 1. The normalized spacial score (nSPS) is 21.2. The molecule has 1 rings (SSSR count). The molecule has 0 saturated carbocycles. The number of carbonyl (C=O) groups is 1. The van der Waals surface area contributed by atoms with Crippen LogP contribution in [0.2, 0.25) is 0 Å². The van der Waals surface area contributed by atoms with Gasteiger partial charge < -0.3 is 36.5 Å². The van der Waals surface area contributed by atoms with Gasteiger partial charge in [-0.3, -0.25) is 4.79 Å². The van der Waals surface area contributed by atoms with Crippen LogP contribution in [0.5, 0.6) is 0 Å². The number of cyclic esters (lactones) is 1. The van der Waals surface area contributed by atoms with E-state index in [-0.39, 0.29) is 13.4 Å². The van der Waals surface area contributed by atoms with Crippen molar-refractivity contribution < 1.29 is 31.9 Å². The first kappa shape index (κ1) is 28.2. The average molecular weight is 436 g/mol. The average Bonchev–Trinajstić information content (AvgIpc) is 2.56.